The Labute approximate surface area is 149 Å². The van der Waals surface area contributed by atoms with Gasteiger partial charge in [-0.3, -0.25) is 0 Å². The zero-order valence-corrected chi connectivity index (χ0v) is 14.1. The number of nitrogens with one attached hydrogen (secondary N) is 1. The minimum absolute atomic E-state index is 0.00480. The zero-order valence-electron chi connectivity index (χ0n) is 12.5. The van der Waals surface area contributed by atoms with Gasteiger partial charge in [0.2, 0.25) is 0 Å². The number of halogens is 2. The number of benzene rings is 2. The lowest BCUT2D eigenvalue weighted by Gasteiger charge is -2.15. The molecule has 0 aliphatic rings. The van der Waals surface area contributed by atoms with E-state index < -0.39 is 18.1 Å². The van der Waals surface area contributed by atoms with E-state index in [2.05, 4.69) is 5.32 Å². The third-order valence-corrected chi connectivity index (χ3v) is 4.12. The molecule has 0 heterocycles. The van der Waals surface area contributed by atoms with Gasteiger partial charge in [0.25, 0.3) is 0 Å². The molecule has 0 aromatic heterocycles. The molecule has 2 rings (SSSR count). The maximum Gasteiger partial charge on any atom is 0.408 e. The molecule has 2 aromatic carbocycles. The van der Waals surface area contributed by atoms with Crippen molar-refractivity contribution in [3.63, 3.8) is 0 Å². The van der Waals surface area contributed by atoms with Gasteiger partial charge in [0.1, 0.15) is 12.6 Å². The lowest BCUT2D eigenvalue weighted by atomic mass is 10.1. The number of aliphatic carboxylic acids is 1. The molecule has 0 bridgehead atoms. The van der Waals surface area contributed by atoms with Gasteiger partial charge in [-0.15, -0.1) is 0 Å². The largest absolute Gasteiger partial charge is 0.480 e. The molecule has 2 N–H and O–H groups in total. The highest BCUT2D eigenvalue weighted by Crippen LogP contribution is 2.26. The SMILES string of the molecule is O=C(N[C@H](Cc1cccc(Cl)c1Cl)C(=O)O)OCc1ccccc1. The van der Waals surface area contributed by atoms with Gasteiger partial charge < -0.3 is 15.2 Å². The first-order valence-corrected chi connectivity index (χ1v) is 7.86. The van der Waals surface area contributed by atoms with Crippen molar-refractivity contribution in [3.8, 4) is 0 Å². The third kappa shape index (κ3) is 5.15. The number of carbonyl (C=O) groups excluding carboxylic acids is 1. The molecule has 0 aliphatic carbocycles. The lowest BCUT2D eigenvalue weighted by molar-refractivity contribution is -0.139. The molecule has 0 saturated heterocycles. The molecule has 0 spiro atoms. The monoisotopic (exact) mass is 367 g/mol. The Morgan fingerprint density at radius 3 is 2.46 bits per heavy atom. The van der Waals surface area contributed by atoms with Crippen LogP contribution in [0.2, 0.25) is 10.0 Å². The van der Waals surface area contributed by atoms with E-state index in [-0.39, 0.29) is 18.1 Å². The van der Waals surface area contributed by atoms with Crippen molar-refractivity contribution >= 4 is 35.3 Å². The van der Waals surface area contributed by atoms with Crippen LogP contribution in [0, 0.1) is 0 Å². The summed E-state index contributed by atoms with van der Waals surface area (Å²) in [6.45, 7) is 0.0525. The standard InChI is InChI=1S/C17H15Cl2NO4/c18-13-8-4-7-12(15(13)19)9-14(16(21)22)20-17(23)24-10-11-5-2-1-3-6-11/h1-8,14H,9-10H2,(H,20,23)(H,21,22)/t14-/m1/s1. The van der Waals surface area contributed by atoms with E-state index in [9.17, 15) is 14.7 Å². The van der Waals surface area contributed by atoms with Crippen LogP contribution in [-0.2, 0) is 22.6 Å². The Balaban J connectivity index is 1.96. The number of rotatable bonds is 6. The summed E-state index contributed by atoms with van der Waals surface area (Å²) in [5, 5.41) is 12.2. The normalized spacial score (nSPS) is 11.6. The maximum atomic E-state index is 11.8. The van der Waals surface area contributed by atoms with Crippen LogP contribution in [0.4, 0.5) is 4.79 Å². The van der Waals surface area contributed by atoms with Crippen LogP contribution in [0.3, 0.4) is 0 Å². The van der Waals surface area contributed by atoms with E-state index in [0.29, 0.717) is 10.6 Å². The topological polar surface area (TPSA) is 75.6 Å². The van der Waals surface area contributed by atoms with E-state index in [1.807, 2.05) is 18.2 Å². The number of carbonyl (C=O) groups is 2. The number of hydrogen-bond acceptors (Lipinski definition) is 3. The van der Waals surface area contributed by atoms with Gasteiger partial charge in [-0.1, -0.05) is 65.7 Å². The first kappa shape index (κ1) is 18.1. The quantitative estimate of drug-likeness (QED) is 0.811. The van der Waals surface area contributed by atoms with Crippen LogP contribution >= 0.6 is 23.2 Å². The van der Waals surface area contributed by atoms with Gasteiger partial charge in [-0.25, -0.2) is 9.59 Å². The summed E-state index contributed by atoms with van der Waals surface area (Å²) in [6, 6.07) is 12.8. The molecular formula is C17H15Cl2NO4. The van der Waals surface area contributed by atoms with Crippen LogP contribution in [0.25, 0.3) is 0 Å². The molecule has 7 heteroatoms. The van der Waals surface area contributed by atoms with E-state index in [4.69, 9.17) is 27.9 Å². The summed E-state index contributed by atoms with van der Waals surface area (Å²) in [6.07, 6.45) is -0.820. The second kappa shape index (κ2) is 8.57. The Kier molecular flexibility index (Phi) is 6.46. The Morgan fingerprint density at radius 2 is 1.79 bits per heavy atom. The maximum absolute atomic E-state index is 11.8. The predicted molar refractivity (Wildman–Crippen MR) is 91.4 cm³/mol. The predicted octanol–water partition coefficient (Wildman–Crippen LogP) is 3.92. The second-order valence-corrected chi connectivity index (χ2v) is 5.80. The van der Waals surface area contributed by atoms with Crippen molar-refractivity contribution in [2.45, 2.75) is 19.1 Å². The van der Waals surface area contributed by atoms with Gasteiger partial charge in [0, 0.05) is 6.42 Å². The Hall–Kier alpha value is -2.24. The molecule has 126 valence electrons. The number of hydrogen-bond donors (Lipinski definition) is 2. The van der Waals surface area contributed by atoms with E-state index in [0.717, 1.165) is 5.56 Å². The first-order valence-electron chi connectivity index (χ1n) is 7.10. The minimum atomic E-state index is -1.19. The number of carboxylic acid groups (broad SMARTS) is 1. The second-order valence-electron chi connectivity index (χ2n) is 5.01. The van der Waals surface area contributed by atoms with Gasteiger partial charge in [-0.05, 0) is 17.2 Å². The van der Waals surface area contributed by atoms with Crippen molar-refractivity contribution in [2.24, 2.45) is 0 Å². The van der Waals surface area contributed by atoms with E-state index in [1.54, 1.807) is 30.3 Å². The van der Waals surface area contributed by atoms with Crippen LogP contribution < -0.4 is 5.32 Å². The van der Waals surface area contributed by atoms with Crippen molar-refractivity contribution in [1.29, 1.82) is 0 Å². The fourth-order valence-electron chi connectivity index (χ4n) is 2.03. The Morgan fingerprint density at radius 1 is 1.08 bits per heavy atom. The zero-order chi connectivity index (χ0) is 17.5. The van der Waals surface area contributed by atoms with Crippen LogP contribution in [-0.4, -0.2) is 23.2 Å². The highest BCUT2D eigenvalue weighted by atomic mass is 35.5. The summed E-state index contributed by atoms with van der Waals surface area (Å²) in [5.41, 5.74) is 1.33. The lowest BCUT2D eigenvalue weighted by Crippen LogP contribution is -2.42. The average Bonchev–Trinajstić information content (AvgIpc) is 2.57. The fraction of sp³-hybridized carbons (Fsp3) is 0.176. The smallest absolute Gasteiger partial charge is 0.408 e. The molecule has 0 aliphatic heterocycles. The average molecular weight is 368 g/mol. The summed E-state index contributed by atoms with van der Waals surface area (Å²) < 4.78 is 5.03. The molecule has 1 amide bonds. The number of alkyl carbamates (subject to hydrolysis) is 1. The number of ether oxygens (including phenoxy) is 1. The van der Waals surface area contributed by atoms with Gasteiger partial charge in [0.05, 0.1) is 10.0 Å². The fourth-order valence-corrected chi connectivity index (χ4v) is 2.43. The molecule has 0 saturated carbocycles. The van der Waals surface area contributed by atoms with Gasteiger partial charge in [0.15, 0.2) is 0 Å². The summed E-state index contributed by atoms with van der Waals surface area (Å²) in [4.78, 5) is 23.2. The van der Waals surface area contributed by atoms with Gasteiger partial charge in [-0.2, -0.15) is 0 Å². The molecular weight excluding hydrogens is 353 g/mol. The van der Waals surface area contributed by atoms with E-state index in [1.165, 1.54) is 0 Å². The molecule has 1 atom stereocenters. The summed E-state index contributed by atoms with van der Waals surface area (Å²) in [7, 11) is 0. The van der Waals surface area contributed by atoms with Crippen molar-refractivity contribution in [2.75, 3.05) is 0 Å². The molecule has 24 heavy (non-hydrogen) atoms. The van der Waals surface area contributed by atoms with Crippen molar-refractivity contribution in [3.05, 3.63) is 69.7 Å². The summed E-state index contributed by atoms with van der Waals surface area (Å²) >= 11 is 12.0. The number of carboxylic acids is 1. The molecule has 2 aromatic rings. The minimum Gasteiger partial charge on any atom is -0.480 e. The van der Waals surface area contributed by atoms with Crippen LogP contribution in [0.5, 0.6) is 0 Å². The van der Waals surface area contributed by atoms with E-state index >= 15 is 0 Å². The van der Waals surface area contributed by atoms with Crippen LogP contribution in [0.1, 0.15) is 11.1 Å². The third-order valence-electron chi connectivity index (χ3n) is 3.26. The Bertz CT molecular complexity index is 722. The number of amides is 1. The first-order chi connectivity index (χ1) is 11.5. The molecule has 0 radical (unpaired) electrons. The van der Waals surface area contributed by atoms with Gasteiger partial charge >= 0.3 is 12.1 Å². The van der Waals surface area contributed by atoms with Crippen molar-refractivity contribution in [1.82, 2.24) is 5.32 Å². The highest BCUT2D eigenvalue weighted by molar-refractivity contribution is 6.42. The highest BCUT2D eigenvalue weighted by Gasteiger charge is 2.22. The van der Waals surface area contributed by atoms with Crippen LogP contribution in [0.15, 0.2) is 48.5 Å². The summed E-state index contributed by atoms with van der Waals surface area (Å²) in [5.74, 6) is -1.19. The van der Waals surface area contributed by atoms with Crippen molar-refractivity contribution < 1.29 is 19.4 Å². The molecule has 0 unspecified atom stereocenters. The molecule has 5 nitrogen and oxygen atoms in total. The molecule has 0 fully saturated rings.